The summed E-state index contributed by atoms with van der Waals surface area (Å²) >= 11 is 0. The van der Waals surface area contributed by atoms with Crippen LogP contribution in [0.25, 0.3) is 0 Å². The van der Waals surface area contributed by atoms with E-state index in [0.717, 1.165) is 38.5 Å². The number of rotatable bonds is 47. The van der Waals surface area contributed by atoms with E-state index in [4.69, 9.17) is 14.2 Å². The smallest absolute Gasteiger partial charge is 0.306 e. The number of ether oxygens (including phenoxy) is 3. The lowest BCUT2D eigenvalue weighted by Crippen LogP contribution is -2.55. The molecule has 0 aromatic heterocycles. The highest BCUT2D eigenvalue weighted by atomic mass is 16.6. The fourth-order valence-electron chi connectivity index (χ4n) is 7.89. The standard InChI is InChI=1S/C52H99NO7/c1-6-8-10-12-14-16-18-20-21-22-23-24-25-26-27-28-29-31-33-35-37-39-41-43-51(55)60-48(46-58-45-44-49(52(56)57)53(3,4)5)47-59-50(54)42-40-38-36-34-32-30-19-17-15-13-11-9-7-2/h22-23,48-49H,6-21,24-47H2,1-5H3/b23-22-. The fraction of sp³-hybridized carbons (Fsp3) is 0.904. The zero-order valence-corrected chi connectivity index (χ0v) is 40.4. The molecule has 0 amide bonds. The third kappa shape index (κ3) is 41.4. The van der Waals surface area contributed by atoms with Gasteiger partial charge in [-0.1, -0.05) is 206 Å². The molecule has 0 radical (unpaired) electrons. The first kappa shape index (κ1) is 58.1. The molecule has 60 heavy (non-hydrogen) atoms. The van der Waals surface area contributed by atoms with Crippen LogP contribution in [-0.4, -0.2) is 75.5 Å². The Labute approximate surface area is 371 Å². The second kappa shape index (κ2) is 43.7. The first-order chi connectivity index (χ1) is 29.1. The molecule has 0 aromatic rings. The maximum atomic E-state index is 12.8. The average molecular weight is 850 g/mol. The summed E-state index contributed by atoms with van der Waals surface area (Å²) in [6.07, 6.45) is 48.1. The molecule has 0 aromatic carbocycles. The Kier molecular flexibility index (Phi) is 42.3. The molecule has 0 heterocycles. The number of hydrogen-bond acceptors (Lipinski definition) is 7. The van der Waals surface area contributed by atoms with Crippen LogP contribution in [0.3, 0.4) is 0 Å². The molecule has 354 valence electrons. The number of carbonyl (C=O) groups excluding carboxylic acids is 3. The van der Waals surface area contributed by atoms with Gasteiger partial charge in [-0.3, -0.25) is 9.59 Å². The molecule has 0 aliphatic rings. The van der Waals surface area contributed by atoms with Gasteiger partial charge in [-0.2, -0.15) is 0 Å². The van der Waals surface area contributed by atoms with Gasteiger partial charge >= 0.3 is 11.9 Å². The predicted molar refractivity (Wildman–Crippen MR) is 250 cm³/mol. The summed E-state index contributed by atoms with van der Waals surface area (Å²) in [6.45, 7) is 4.70. The van der Waals surface area contributed by atoms with Crippen molar-refractivity contribution in [2.75, 3.05) is 41.0 Å². The van der Waals surface area contributed by atoms with Crippen LogP contribution in [0.15, 0.2) is 12.2 Å². The third-order valence-electron chi connectivity index (χ3n) is 11.9. The normalized spacial score (nSPS) is 12.9. The van der Waals surface area contributed by atoms with Crippen molar-refractivity contribution in [2.24, 2.45) is 0 Å². The molecule has 8 nitrogen and oxygen atoms in total. The van der Waals surface area contributed by atoms with E-state index in [0.29, 0.717) is 12.8 Å². The maximum absolute atomic E-state index is 12.8. The van der Waals surface area contributed by atoms with E-state index in [1.54, 1.807) is 0 Å². The highest BCUT2D eigenvalue weighted by Gasteiger charge is 2.25. The van der Waals surface area contributed by atoms with Gasteiger partial charge in [-0.15, -0.1) is 0 Å². The average Bonchev–Trinajstić information content (AvgIpc) is 3.21. The minimum Gasteiger partial charge on any atom is -0.544 e. The maximum Gasteiger partial charge on any atom is 0.306 e. The van der Waals surface area contributed by atoms with Gasteiger partial charge in [0, 0.05) is 19.3 Å². The van der Waals surface area contributed by atoms with Crippen molar-refractivity contribution < 1.29 is 38.2 Å². The summed E-state index contributed by atoms with van der Waals surface area (Å²) < 4.78 is 17.2. The summed E-state index contributed by atoms with van der Waals surface area (Å²) in [7, 11) is 5.42. The molecule has 0 fully saturated rings. The molecule has 2 atom stereocenters. The Morgan fingerprint density at radius 2 is 0.833 bits per heavy atom. The Balaban J connectivity index is 4.16. The van der Waals surface area contributed by atoms with E-state index >= 15 is 0 Å². The number of carboxylic acid groups (broad SMARTS) is 1. The number of quaternary nitrogens is 1. The van der Waals surface area contributed by atoms with Gasteiger partial charge in [0.25, 0.3) is 0 Å². The minimum atomic E-state index is -1.12. The van der Waals surface area contributed by atoms with Crippen LogP contribution in [0, 0.1) is 0 Å². The van der Waals surface area contributed by atoms with E-state index in [1.807, 2.05) is 21.1 Å². The largest absolute Gasteiger partial charge is 0.544 e. The molecule has 0 spiro atoms. The SMILES string of the molecule is CCCCCCCCCC/C=C\CCCCCCCCCCCCCC(=O)OC(COCCC(C(=O)[O-])[N+](C)(C)C)COC(=O)CCCCCCCCCCCCCCC. The molecular formula is C52H99NO7. The van der Waals surface area contributed by atoms with Crippen LogP contribution in [-0.2, 0) is 28.6 Å². The monoisotopic (exact) mass is 850 g/mol. The topological polar surface area (TPSA) is 102 Å². The predicted octanol–water partition coefficient (Wildman–Crippen LogP) is 13.3. The van der Waals surface area contributed by atoms with Gasteiger partial charge < -0.3 is 28.6 Å². The van der Waals surface area contributed by atoms with Crippen molar-refractivity contribution in [3.63, 3.8) is 0 Å². The molecule has 0 aliphatic heterocycles. The first-order valence-corrected chi connectivity index (χ1v) is 25.7. The van der Waals surface area contributed by atoms with Crippen LogP contribution in [0.5, 0.6) is 0 Å². The molecule has 0 aliphatic carbocycles. The van der Waals surface area contributed by atoms with Crippen LogP contribution < -0.4 is 5.11 Å². The van der Waals surface area contributed by atoms with E-state index in [2.05, 4.69) is 26.0 Å². The Bertz CT molecular complexity index is 993. The first-order valence-electron chi connectivity index (χ1n) is 25.7. The summed E-state index contributed by atoms with van der Waals surface area (Å²) in [6, 6.07) is -0.721. The fourth-order valence-corrected chi connectivity index (χ4v) is 7.89. The lowest BCUT2D eigenvalue weighted by Gasteiger charge is -2.34. The second-order valence-electron chi connectivity index (χ2n) is 18.8. The van der Waals surface area contributed by atoms with Crippen molar-refractivity contribution in [3.8, 4) is 0 Å². The van der Waals surface area contributed by atoms with Gasteiger partial charge in [0.05, 0.1) is 40.3 Å². The van der Waals surface area contributed by atoms with Crippen LogP contribution in [0.2, 0.25) is 0 Å². The zero-order valence-electron chi connectivity index (χ0n) is 40.4. The number of aliphatic carboxylic acids is 1. The van der Waals surface area contributed by atoms with Crippen LogP contribution >= 0.6 is 0 Å². The Hall–Kier alpha value is -1.93. The lowest BCUT2D eigenvalue weighted by molar-refractivity contribution is -0.889. The molecule has 0 bridgehead atoms. The number of hydrogen-bond donors (Lipinski definition) is 0. The zero-order chi connectivity index (χ0) is 44.2. The highest BCUT2D eigenvalue weighted by molar-refractivity contribution is 5.70. The van der Waals surface area contributed by atoms with Crippen LogP contribution in [0.4, 0.5) is 0 Å². The van der Waals surface area contributed by atoms with Crippen molar-refractivity contribution in [1.29, 1.82) is 0 Å². The number of esters is 2. The third-order valence-corrected chi connectivity index (χ3v) is 11.9. The lowest BCUT2D eigenvalue weighted by atomic mass is 10.0. The van der Waals surface area contributed by atoms with Gasteiger partial charge in [0.15, 0.2) is 6.10 Å². The number of nitrogens with zero attached hydrogens (tertiary/aromatic N) is 1. The molecule has 0 saturated heterocycles. The van der Waals surface area contributed by atoms with Gasteiger partial charge in [-0.05, 0) is 38.5 Å². The summed E-state index contributed by atoms with van der Waals surface area (Å²) in [5.74, 6) is -1.72. The molecule has 8 heteroatoms. The van der Waals surface area contributed by atoms with Gasteiger partial charge in [0.2, 0.25) is 0 Å². The molecular weight excluding hydrogens is 751 g/mol. The number of carbonyl (C=O) groups is 3. The van der Waals surface area contributed by atoms with Gasteiger partial charge in [-0.25, -0.2) is 0 Å². The molecule has 0 rings (SSSR count). The van der Waals surface area contributed by atoms with E-state index in [1.165, 1.54) is 180 Å². The number of carboxylic acids is 1. The molecule has 0 N–H and O–H groups in total. The summed E-state index contributed by atoms with van der Waals surface area (Å²) in [5.41, 5.74) is 0. The van der Waals surface area contributed by atoms with E-state index in [-0.39, 0.29) is 42.7 Å². The summed E-state index contributed by atoms with van der Waals surface area (Å²) in [4.78, 5) is 37.0. The van der Waals surface area contributed by atoms with Gasteiger partial charge in [0.1, 0.15) is 12.6 Å². The van der Waals surface area contributed by atoms with Crippen LogP contribution in [0.1, 0.15) is 251 Å². The number of unbranched alkanes of at least 4 members (excludes halogenated alkanes) is 31. The van der Waals surface area contributed by atoms with Crippen molar-refractivity contribution in [2.45, 2.75) is 264 Å². The number of likely N-dealkylation sites (N-methyl/N-ethyl adjacent to an activating group) is 1. The molecule has 2 unspecified atom stereocenters. The minimum absolute atomic E-state index is 0.0467. The number of allylic oxidation sites excluding steroid dienone is 2. The quantitative estimate of drug-likeness (QED) is 0.0260. The van der Waals surface area contributed by atoms with E-state index < -0.39 is 18.1 Å². The molecule has 0 saturated carbocycles. The van der Waals surface area contributed by atoms with Crippen molar-refractivity contribution in [1.82, 2.24) is 0 Å². The Morgan fingerprint density at radius 3 is 1.20 bits per heavy atom. The highest BCUT2D eigenvalue weighted by Crippen LogP contribution is 2.16. The van der Waals surface area contributed by atoms with Crippen molar-refractivity contribution in [3.05, 3.63) is 12.2 Å². The second-order valence-corrected chi connectivity index (χ2v) is 18.8. The van der Waals surface area contributed by atoms with Crippen molar-refractivity contribution >= 4 is 17.9 Å². The Morgan fingerprint density at radius 1 is 0.483 bits per heavy atom. The summed E-state index contributed by atoms with van der Waals surface area (Å²) in [5, 5.41) is 11.6. The van der Waals surface area contributed by atoms with E-state index in [9.17, 15) is 19.5 Å².